The standard InChI is InChI=1S/C16H25NO2/c1-11(2)13-7-14(12(3)6-15(13)18-5)16(8-17-4)9-19-10-16/h6-7,11,17H,8-10H2,1-5H3. The number of likely N-dealkylation sites (N-methyl/N-ethyl adjacent to an activating group) is 1. The fourth-order valence-electron chi connectivity index (χ4n) is 2.94. The number of nitrogens with one attached hydrogen (secondary N) is 1. The molecule has 1 N–H and O–H groups in total. The topological polar surface area (TPSA) is 30.5 Å². The zero-order valence-electron chi connectivity index (χ0n) is 12.7. The summed E-state index contributed by atoms with van der Waals surface area (Å²) in [6.07, 6.45) is 0. The number of benzene rings is 1. The van der Waals surface area contributed by atoms with Gasteiger partial charge >= 0.3 is 0 Å². The van der Waals surface area contributed by atoms with E-state index in [4.69, 9.17) is 9.47 Å². The van der Waals surface area contributed by atoms with Crippen LogP contribution in [-0.2, 0) is 10.2 Å². The quantitative estimate of drug-likeness (QED) is 0.886. The average molecular weight is 263 g/mol. The first-order chi connectivity index (χ1) is 9.04. The van der Waals surface area contributed by atoms with Crippen LogP contribution in [0.1, 0.15) is 36.5 Å². The van der Waals surface area contributed by atoms with Crippen molar-refractivity contribution in [3.63, 3.8) is 0 Å². The molecule has 2 rings (SSSR count). The summed E-state index contributed by atoms with van der Waals surface area (Å²) in [5, 5.41) is 3.30. The van der Waals surface area contributed by atoms with Crippen molar-refractivity contribution in [2.24, 2.45) is 0 Å². The maximum absolute atomic E-state index is 5.52. The lowest BCUT2D eigenvalue weighted by Gasteiger charge is -2.43. The molecule has 3 nitrogen and oxygen atoms in total. The molecule has 1 heterocycles. The third-order valence-electron chi connectivity index (χ3n) is 4.04. The maximum Gasteiger partial charge on any atom is 0.122 e. The molecule has 19 heavy (non-hydrogen) atoms. The summed E-state index contributed by atoms with van der Waals surface area (Å²) in [5.74, 6) is 1.46. The molecular formula is C16H25NO2. The number of hydrogen-bond acceptors (Lipinski definition) is 3. The van der Waals surface area contributed by atoms with Gasteiger partial charge in [-0.25, -0.2) is 0 Å². The second kappa shape index (κ2) is 5.51. The van der Waals surface area contributed by atoms with E-state index in [2.05, 4.69) is 38.2 Å². The summed E-state index contributed by atoms with van der Waals surface area (Å²) >= 11 is 0. The molecule has 1 fully saturated rings. The van der Waals surface area contributed by atoms with Gasteiger partial charge in [-0.3, -0.25) is 0 Å². The van der Waals surface area contributed by atoms with Gasteiger partial charge in [-0.05, 0) is 42.6 Å². The Bertz CT molecular complexity index is 450. The Morgan fingerprint density at radius 2 is 2.05 bits per heavy atom. The Kier molecular flexibility index (Phi) is 4.16. The fourth-order valence-corrected chi connectivity index (χ4v) is 2.94. The zero-order valence-corrected chi connectivity index (χ0v) is 12.7. The van der Waals surface area contributed by atoms with Crippen molar-refractivity contribution >= 4 is 0 Å². The highest BCUT2D eigenvalue weighted by Gasteiger charge is 2.41. The van der Waals surface area contributed by atoms with Crippen molar-refractivity contribution in [3.8, 4) is 5.75 Å². The predicted octanol–water partition coefficient (Wildman–Crippen LogP) is 2.61. The highest BCUT2D eigenvalue weighted by Crippen LogP contribution is 2.38. The van der Waals surface area contributed by atoms with Gasteiger partial charge in [0, 0.05) is 6.54 Å². The average Bonchev–Trinajstić information content (AvgIpc) is 2.33. The SMILES string of the molecule is CNCC1(c2cc(C(C)C)c(OC)cc2C)COC1. The van der Waals surface area contributed by atoms with Crippen molar-refractivity contribution < 1.29 is 9.47 Å². The smallest absolute Gasteiger partial charge is 0.122 e. The molecule has 0 radical (unpaired) electrons. The Morgan fingerprint density at radius 1 is 1.37 bits per heavy atom. The van der Waals surface area contributed by atoms with Crippen LogP contribution in [0.3, 0.4) is 0 Å². The van der Waals surface area contributed by atoms with Crippen LogP contribution in [0.4, 0.5) is 0 Å². The van der Waals surface area contributed by atoms with Gasteiger partial charge in [-0.2, -0.15) is 0 Å². The molecule has 0 amide bonds. The third kappa shape index (κ3) is 2.49. The minimum absolute atomic E-state index is 0.134. The molecule has 0 unspecified atom stereocenters. The summed E-state index contributed by atoms with van der Waals surface area (Å²) in [7, 11) is 3.75. The number of methoxy groups -OCH3 is 1. The van der Waals surface area contributed by atoms with Crippen molar-refractivity contribution in [1.29, 1.82) is 0 Å². The normalized spacial score (nSPS) is 17.4. The summed E-state index contributed by atoms with van der Waals surface area (Å²) in [5.41, 5.74) is 4.11. The predicted molar refractivity (Wildman–Crippen MR) is 78.2 cm³/mol. The molecule has 0 saturated carbocycles. The van der Waals surface area contributed by atoms with E-state index in [1.165, 1.54) is 16.7 Å². The first-order valence-electron chi connectivity index (χ1n) is 6.95. The lowest BCUT2D eigenvalue weighted by molar-refractivity contribution is -0.0586. The molecule has 0 spiro atoms. The molecule has 1 aliphatic heterocycles. The lowest BCUT2D eigenvalue weighted by Crippen LogP contribution is -2.53. The van der Waals surface area contributed by atoms with Crippen LogP contribution in [0.15, 0.2) is 12.1 Å². The lowest BCUT2D eigenvalue weighted by atomic mass is 9.75. The van der Waals surface area contributed by atoms with Gasteiger partial charge in [0.15, 0.2) is 0 Å². The Balaban J connectivity index is 2.48. The first kappa shape index (κ1) is 14.4. The van der Waals surface area contributed by atoms with E-state index in [0.29, 0.717) is 5.92 Å². The van der Waals surface area contributed by atoms with Crippen LogP contribution >= 0.6 is 0 Å². The second-order valence-electron chi connectivity index (χ2n) is 5.87. The zero-order chi connectivity index (χ0) is 14.0. The maximum atomic E-state index is 5.52. The molecular weight excluding hydrogens is 238 g/mol. The molecule has 106 valence electrons. The molecule has 1 aromatic carbocycles. The Morgan fingerprint density at radius 3 is 2.47 bits per heavy atom. The van der Waals surface area contributed by atoms with Crippen molar-refractivity contribution in [3.05, 3.63) is 28.8 Å². The third-order valence-corrected chi connectivity index (χ3v) is 4.04. The molecule has 0 aliphatic carbocycles. The first-order valence-corrected chi connectivity index (χ1v) is 6.95. The Hall–Kier alpha value is -1.06. The number of hydrogen-bond donors (Lipinski definition) is 1. The summed E-state index contributed by atoms with van der Waals surface area (Å²) in [4.78, 5) is 0. The largest absolute Gasteiger partial charge is 0.496 e. The summed E-state index contributed by atoms with van der Waals surface area (Å²) in [6, 6.07) is 4.49. The Labute approximate surface area is 116 Å². The molecule has 1 aliphatic rings. The van der Waals surface area contributed by atoms with Gasteiger partial charge in [-0.1, -0.05) is 19.9 Å². The van der Waals surface area contributed by atoms with E-state index in [1.807, 2.05) is 7.05 Å². The molecule has 0 atom stereocenters. The van der Waals surface area contributed by atoms with Gasteiger partial charge in [0.25, 0.3) is 0 Å². The molecule has 0 aromatic heterocycles. The van der Waals surface area contributed by atoms with E-state index in [9.17, 15) is 0 Å². The number of aryl methyl sites for hydroxylation is 1. The molecule has 0 bridgehead atoms. The van der Waals surface area contributed by atoms with Gasteiger partial charge in [0.1, 0.15) is 5.75 Å². The molecule has 1 aromatic rings. The fraction of sp³-hybridized carbons (Fsp3) is 0.625. The van der Waals surface area contributed by atoms with Crippen LogP contribution < -0.4 is 10.1 Å². The van der Waals surface area contributed by atoms with E-state index < -0.39 is 0 Å². The van der Waals surface area contributed by atoms with Crippen LogP contribution in [0, 0.1) is 6.92 Å². The van der Waals surface area contributed by atoms with E-state index >= 15 is 0 Å². The minimum Gasteiger partial charge on any atom is -0.496 e. The van der Waals surface area contributed by atoms with Crippen molar-refractivity contribution in [1.82, 2.24) is 5.32 Å². The monoisotopic (exact) mass is 263 g/mol. The minimum atomic E-state index is 0.134. The van der Waals surface area contributed by atoms with Gasteiger partial charge in [-0.15, -0.1) is 0 Å². The van der Waals surface area contributed by atoms with Crippen LogP contribution in [-0.4, -0.2) is 33.9 Å². The van der Waals surface area contributed by atoms with Gasteiger partial charge < -0.3 is 14.8 Å². The number of ether oxygens (including phenoxy) is 2. The summed E-state index contributed by atoms with van der Waals surface area (Å²) < 4.78 is 11.0. The van der Waals surface area contributed by atoms with E-state index in [1.54, 1.807) is 7.11 Å². The molecule has 1 saturated heterocycles. The van der Waals surface area contributed by atoms with Gasteiger partial charge in [0.05, 0.1) is 25.7 Å². The second-order valence-corrected chi connectivity index (χ2v) is 5.87. The van der Waals surface area contributed by atoms with E-state index in [0.717, 1.165) is 25.5 Å². The van der Waals surface area contributed by atoms with E-state index in [-0.39, 0.29) is 5.41 Å². The van der Waals surface area contributed by atoms with Crippen LogP contribution in [0.5, 0.6) is 5.75 Å². The van der Waals surface area contributed by atoms with Crippen molar-refractivity contribution in [2.75, 3.05) is 33.9 Å². The summed E-state index contributed by atoms with van der Waals surface area (Å²) in [6.45, 7) is 9.14. The number of rotatable bonds is 5. The highest BCUT2D eigenvalue weighted by molar-refractivity contribution is 5.48. The highest BCUT2D eigenvalue weighted by atomic mass is 16.5. The van der Waals surface area contributed by atoms with Gasteiger partial charge in [0.2, 0.25) is 0 Å². The molecule has 3 heteroatoms. The van der Waals surface area contributed by atoms with Crippen LogP contribution in [0.25, 0.3) is 0 Å². The van der Waals surface area contributed by atoms with Crippen molar-refractivity contribution in [2.45, 2.75) is 32.1 Å². The van der Waals surface area contributed by atoms with Crippen LogP contribution in [0.2, 0.25) is 0 Å².